The Kier molecular flexibility index (Phi) is 10.0. The molecule has 4 aromatic rings. The molecule has 6 rings (SSSR count). The Labute approximate surface area is 281 Å². The lowest BCUT2D eigenvalue weighted by Gasteiger charge is -2.28. The third kappa shape index (κ3) is 8.16. The van der Waals surface area contributed by atoms with Gasteiger partial charge in [0.25, 0.3) is 15.9 Å². The molecule has 2 heterocycles. The summed E-state index contributed by atoms with van der Waals surface area (Å²) in [6.07, 6.45) is 0. The first-order valence-electron chi connectivity index (χ1n) is 15.7. The predicted molar refractivity (Wildman–Crippen MR) is 187 cm³/mol. The van der Waals surface area contributed by atoms with Crippen LogP contribution in [-0.2, 0) is 31.1 Å². The highest BCUT2D eigenvalue weighted by molar-refractivity contribution is 7.92. The number of morpholine rings is 1. The fraction of sp³-hybridized carbons (Fsp3) is 0.286. The Bertz CT molecular complexity index is 1950. The van der Waals surface area contributed by atoms with Crippen molar-refractivity contribution in [2.45, 2.75) is 11.4 Å². The molecule has 2 N–H and O–H groups in total. The molecule has 2 aliphatic heterocycles. The normalized spacial score (nSPS) is 16.6. The Morgan fingerprint density at radius 2 is 1.48 bits per heavy atom. The van der Waals surface area contributed by atoms with Crippen molar-refractivity contribution in [2.24, 2.45) is 0 Å². The first-order chi connectivity index (χ1) is 23.1. The summed E-state index contributed by atoms with van der Waals surface area (Å²) in [5.41, 5.74) is 4.82. The third-order valence-corrected chi connectivity index (χ3v) is 11.5. The van der Waals surface area contributed by atoms with Gasteiger partial charge in [-0.15, -0.1) is 0 Å². The van der Waals surface area contributed by atoms with Crippen LogP contribution < -0.4 is 19.7 Å². The number of methoxy groups -OCH3 is 1. The van der Waals surface area contributed by atoms with E-state index in [2.05, 4.69) is 19.8 Å². The van der Waals surface area contributed by atoms with Crippen molar-refractivity contribution >= 4 is 42.8 Å². The molecule has 0 unspecified atom stereocenters. The van der Waals surface area contributed by atoms with Gasteiger partial charge in [-0.25, -0.2) is 16.8 Å². The van der Waals surface area contributed by atoms with E-state index in [1.54, 1.807) is 48.5 Å². The monoisotopic (exact) mass is 690 g/mol. The van der Waals surface area contributed by atoms with E-state index < -0.39 is 19.9 Å². The summed E-state index contributed by atoms with van der Waals surface area (Å²) in [5.74, 6) is 0.564. The summed E-state index contributed by atoms with van der Waals surface area (Å²) in [4.78, 5) is 17.4. The van der Waals surface area contributed by atoms with Crippen molar-refractivity contribution < 1.29 is 31.1 Å². The van der Waals surface area contributed by atoms with Crippen LogP contribution in [0.5, 0.6) is 5.75 Å². The van der Waals surface area contributed by atoms with E-state index in [-0.39, 0.29) is 22.3 Å². The van der Waals surface area contributed by atoms with E-state index in [4.69, 9.17) is 9.47 Å². The van der Waals surface area contributed by atoms with Gasteiger partial charge in [0.15, 0.2) is 9.84 Å². The van der Waals surface area contributed by atoms with Crippen molar-refractivity contribution in [1.29, 1.82) is 0 Å². The van der Waals surface area contributed by atoms with Gasteiger partial charge in [0.1, 0.15) is 5.75 Å². The van der Waals surface area contributed by atoms with E-state index in [1.807, 2.05) is 36.4 Å². The summed E-state index contributed by atoms with van der Waals surface area (Å²) in [5, 5.41) is 2.90. The lowest BCUT2D eigenvalue weighted by atomic mass is 10.0. The van der Waals surface area contributed by atoms with Gasteiger partial charge in [-0.3, -0.25) is 14.4 Å². The summed E-state index contributed by atoms with van der Waals surface area (Å²) in [6.45, 7) is 4.59. The average molecular weight is 691 g/mol. The van der Waals surface area contributed by atoms with Crippen LogP contribution in [0.25, 0.3) is 11.1 Å². The summed E-state index contributed by atoms with van der Waals surface area (Å²) < 4.78 is 63.7. The van der Waals surface area contributed by atoms with Crippen LogP contribution in [0.4, 0.5) is 17.1 Å². The second-order valence-corrected chi connectivity index (χ2v) is 15.8. The van der Waals surface area contributed by atoms with Crippen LogP contribution in [0, 0.1) is 0 Å². The number of hydrogen-bond donors (Lipinski definition) is 2. The number of nitrogens with one attached hydrogen (secondary N) is 2. The highest BCUT2D eigenvalue weighted by Gasteiger charge is 2.22. The maximum atomic E-state index is 13.4. The Morgan fingerprint density at radius 3 is 2.12 bits per heavy atom. The van der Waals surface area contributed by atoms with E-state index in [0.717, 1.165) is 24.3 Å². The minimum absolute atomic E-state index is 0.0751. The molecule has 0 aliphatic carbocycles. The van der Waals surface area contributed by atoms with Crippen LogP contribution in [0.3, 0.4) is 0 Å². The highest BCUT2D eigenvalue weighted by Crippen LogP contribution is 2.33. The van der Waals surface area contributed by atoms with Crippen molar-refractivity contribution in [3.63, 3.8) is 0 Å². The predicted octanol–water partition coefficient (Wildman–Crippen LogP) is 4.48. The molecular formula is C35H38N4O7S2. The molecule has 4 aromatic carbocycles. The topological polar surface area (TPSA) is 134 Å². The van der Waals surface area contributed by atoms with Crippen LogP contribution in [0.2, 0.25) is 0 Å². The molecule has 1 amide bonds. The second-order valence-electron chi connectivity index (χ2n) is 11.8. The molecule has 11 nitrogen and oxygen atoms in total. The first-order valence-corrected chi connectivity index (χ1v) is 19.0. The summed E-state index contributed by atoms with van der Waals surface area (Å²) in [7, 11) is -5.32. The zero-order chi connectivity index (χ0) is 33.7. The van der Waals surface area contributed by atoms with Gasteiger partial charge in [-0.05, 0) is 77.9 Å². The molecule has 0 spiro atoms. The van der Waals surface area contributed by atoms with Crippen molar-refractivity contribution in [3.05, 3.63) is 102 Å². The molecule has 252 valence electrons. The fourth-order valence-corrected chi connectivity index (χ4v) is 8.08. The largest absolute Gasteiger partial charge is 0.496 e. The van der Waals surface area contributed by atoms with Crippen molar-refractivity contribution in [2.75, 3.05) is 72.9 Å². The Balaban J connectivity index is 1.10. The highest BCUT2D eigenvalue weighted by atomic mass is 32.2. The lowest BCUT2D eigenvalue weighted by molar-refractivity contribution is 0.102. The Morgan fingerprint density at radius 1 is 0.833 bits per heavy atom. The maximum Gasteiger partial charge on any atom is 0.261 e. The molecule has 2 fully saturated rings. The third-order valence-electron chi connectivity index (χ3n) is 8.49. The number of hydrogen-bond acceptors (Lipinski definition) is 9. The minimum atomic E-state index is -3.91. The lowest BCUT2D eigenvalue weighted by Crippen LogP contribution is -2.39. The molecule has 0 atom stereocenters. The van der Waals surface area contributed by atoms with E-state index >= 15 is 0 Å². The quantitative estimate of drug-likeness (QED) is 0.247. The SMILES string of the molecule is COc1ccc(S(=O)(=O)Nc2ccc(N3CCOCC3)cc2)cc1-c1ccc(C(=O)Nc2ccc(CN3CCS(=O)(=O)CC3)cc2)cc1. The summed E-state index contributed by atoms with van der Waals surface area (Å²) >= 11 is 0. The van der Waals surface area contributed by atoms with Gasteiger partial charge >= 0.3 is 0 Å². The molecule has 48 heavy (non-hydrogen) atoms. The molecule has 0 bridgehead atoms. The number of anilines is 3. The molecule has 0 radical (unpaired) electrons. The number of sulfonamides is 1. The van der Waals surface area contributed by atoms with Crippen LogP contribution >= 0.6 is 0 Å². The number of sulfone groups is 1. The van der Waals surface area contributed by atoms with Gasteiger partial charge in [-0.1, -0.05) is 24.3 Å². The summed E-state index contributed by atoms with van der Waals surface area (Å²) in [6, 6.07) is 26.3. The van der Waals surface area contributed by atoms with Gasteiger partial charge < -0.3 is 19.7 Å². The van der Waals surface area contributed by atoms with Gasteiger partial charge in [0.05, 0.1) is 36.7 Å². The molecule has 13 heteroatoms. The number of carbonyl (C=O) groups is 1. The second kappa shape index (κ2) is 14.4. The van der Waals surface area contributed by atoms with Crippen LogP contribution in [0.1, 0.15) is 15.9 Å². The number of carbonyl (C=O) groups excluding carboxylic acids is 1. The first kappa shape index (κ1) is 33.5. The van der Waals surface area contributed by atoms with E-state index in [0.29, 0.717) is 66.7 Å². The molecule has 0 aromatic heterocycles. The standard InChI is InChI=1S/C35H38N4O7S2/c1-45-34-15-14-32(48(43,44)37-30-10-12-31(13-11-30)39-16-20-46-21-17-39)24-33(34)27-4-6-28(7-5-27)35(40)36-29-8-2-26(3-9-29)25-38-18-22-47(41,42)23-19-38/h2-15,24,37H,16-23,25H2,1H3,(H,36,40). The van der Waals surface area contributed by atoms with Crippen LogP contribution in [-0.4, -0.2) is 85.7 Å². The number of ether oxygens (including phenoxy) is 2. The average Bonchev–Trinajstić information content (AvgIpc) is 3.10. The number of rotatable bonds is 10. The number of benzene rings is 4. The van der Waals surface area contributed by atoms with Crippen LogP contribution in [0.15, 0.2) is 95.9 Å². The minimum Gasteiger partial charge on any atom is -0.496 e. The van der Waals surface area contributed by atoms with E-state index in [9.17, 15) is 21.6 Å². The van der Waals surface area contributed by atoms with E-state index in [1.165, 1.54) is 13.2 Å². The Hall–Kier alpha value is -4.43. The van der Waals surface area contributed by atoms with Gasteiger partial charge in [-0.2, -0.15) is 0 Å². The van der Waals surface area contributed by atoms with Gasteiger partial charge in [0.2, 0.25) is 0 Å². The maximum absolute atomic E-state index is 13.4. The molecule has 0 saturated carbocycles. The number of amides is 1. The zero-order valence-corrected chi connectivity index (χ0v) is 28.2. The molecule has 2 aliphatic rings. The number of nitrogens with zero attached hydrogens (tertiary/aromatic N) is 2. The molecular weight excluding hydrogens is 653 g/mol. The van der Waals surface area contributed by atoms with Crippen molar-refractivity contribution in [1.82, 2.24) is 4.90 Å². The molecule has 2 saturated heterocycles. The fourth-order valence-electron chi connectivity index (χ4n) is 5.72. The zero-order valence-electron chi connectivity index (χ0n) is 26.6. The van der Waals surface area contributed by atoms with Crippen molar-refractivity contribution in [3.8, 4) is 16.9 Å². The van der Waals surface area contributed by atoms with Gasteiger partial charge in [0, 0.05) is 60.9 Å². The smallest absolute Gasteiger partial charge is 0.261 e.